The largest absolute Gasteiger partial charge is 0.383 e. The van der Waals surface area contributed by atoms with Crippen LogP contribution in [0.15, 0.2) is 34.9 Å². The number of anilines is 1. The van der Waals surface area contributed by atoms with Crippen molar-refractivity contribution in [3.63, 3.8) is 0 Å². The van der Waals surface area contributed by atoms with Gasteiger partial charge in [0.1, 0.15) is 5.82 Å². The Morgan fingerprint density at radius 2 is 2.00 bits per heavy atom. The Balaban J connectivity index is 2.23. The van der Waals surface area contributed by atoms with Crippen molar-refractivity contribution < 1.29 is 0 Å². The van der Waals surface area contributed by atoms with Gasteiger partial charge in [-0.15, -0.1) is 0 Å². The van der Waals surface area contributed by atoms with Crippen molar-refractivity contribution in [1.82, 2.24) is 9.78 Å². The standard InChI is InChI=1S/C14H18BrN3/c1-3-4-11-5-7-12(8-6-11)10(2)18-14(16)13(15)9-17-18/h5-10H,3-4,16H2,1-2H3. The molecule has 1 unspecified atom stereocenters. The van der Waals surface area contributed by atoms with Crippen LogP contribution in [0, 0.1) is 0 Å². The molecule has 0 aliphatic heterocycles. The van der Waals surface area contributed by atoms with E-state index in [1.54, 1.807) is 6.20 Å². The lowest BCUT2D eigenvalue weighted by Gasteiger charge is -2.15. The first kappa shape index (κ1) is 13.1. The minimum absolute atomic E-state index is 0.145. The van der Waals surface area contributed by atoms with Gasteiger partial charge in [0.2, 0.25) is 0 Å². The van der Waals surface area contributed by atoms with Crippen LogP contribution in [-0.2, 0) is 6.42 Å². The number of hydrogen-bond acceptors (Lipinski definition) is 2. The molecule has 0 bridgehead atoms. The van der Waals surface area contributed by atoms with Gasteiger partial charge >= 0.3 is 0 Å². The van der Waals surface area contributed by atoms with E-state index in [9.17, 15) is 0 Å². The maximum atomic E-state index is 5.97. The highest BCUT2D eigenvalue weighted by molar-refractivity contribution is 9.10. The number of rotatable bonds is 4. The summed E-state index contributed by atoms with van der Waals surface area (Å²) in [6.07, 6.45) is 4.04. The summed E-state index contributed by atoms with van der Waals surface area (Å²) in [5.41, 5.74) is 8.57. The average molecular weight is 308 g/mol. The average Bonchev–Trinajstić information content (AvgIpc) is 2.71. The Morgan fingerprint density at radius 1 is 1.33 bits per heavy atom. The van der Waals surface area contributed by atoms with Crippen LogP contribution in [0.5, 0.6) is 0 Å². The molecule has 2 N–H and O–H groups in total. The van der Waals surface area contributed by atoms with Crippen LogP contribution in [0.25, 0.3) is 0 Å². The fraction of sp³-hybridized carbons (Fsp3) is 0.357. The van der Waals surface area contributed by atoms with Crippen LogP contribution in [-0.4, -0.2) is 9.78 Å². The molecule has 0 fully saturated rings. The van der Waals surface area contributed by atoms with Gasteiger partial charge in [0.05, 0.1) is 16.7 Å². The summed E-state index contributed by atoms with van der Waals surface area (Å²) >= 11 is 3.38. The van der Waals surface area contributed by atoms with Crippen LogP contribution in [0.3, 0.4) is 0 Å². The van der Waals surface area contributed by atoms with Crippen molar-refractivity contribution >= 4 is 21.7 Å². The highest BCUT2D eigenvalue weighted by Crippen LogP contribution is 2.25. The Hall–Kier alpha value is -1.29. The molecular weight excluding hydrogens is 290 g/mol. The number of aromatic nitrogens is 2. The highest BCUT2D eigenvalue weighted by atomic mass is 79.9. The van der Waals surface area contributed by atoms with Gasteiger partial charge in [-0.05, 0) is 40.4 Å². The molecule has 4 heteroatoms. The number of nitrogens with zero attached hydrogens (tertiary/aromatic N) is 2. The Morgan fingerprint density at radius 3 is 2.50 bits per heavy atom. The quantitative estimate of drug-likeness (QED) is 0.934. The predicted molar refractivity (Wildman–Crippen MR) is 78.6 cm³/mol. The minimum Gasteiger partial charge on any atom is -0.383 e. The van der Waals surface area contributed by atoms with Crippen molar-refractivity contribution in [3.05, 3.63) is 46.1 Å². The van der Waals surface area contributed by atoms with Crippen LogP contribution in [0.2, 0.25) is 0 Å². The Bertz CT molecular complexity index is 516. The van der Waals surface area contributed by atoms with E-state index < -0.39 is 0 Å². The summed E-state index contributed by atoms with van der Waals surface area (Å²) in [6.45, 7) is 4.29. The third-order valence-corrected chi connectivity index (χ3v) is 3.77. The molecule has 1 aromatic heterocycles. The molecule has 1 aromatic carbocycles. The van der Waals surface area contributed by atoms with Crippen LogP contribution >= 0.6 is 15.9 Å². The smallest absolute Gasteiger partial charge is 0.136 e. The van der Waals surface area contributed by atoms with Crippen molar-refractivity contribution in [2.45, 2.75) is 32.7 Å². The van der Waals surface area contributed by atoms with Crippen LogP contribution in [0.1, 0.15) is 37.4 Å². The first-order valence-electron chi connectivity index (χ1n) is 6.20. The van der Waals surface area contributed by atoms with Gasteiger partial charge < -0.3 is 5.73 Å². The second-order valence-electron chi connectivity index (χ2n) is 4.49. The van der Waals surface area contributed by atoms with Gasteiger partial charge in [-0.1, -0.05) is 37.6 Å². The number of benzene rings is 1. The zero-order chi connectivity index (χ0) is 13.1. The van der Waals surface area contributed by atoms with E-state index in [0.717, 1.165) is 10.9 Å². The molecule has 0 amide bonds. The molecule has 0 radical (unpaired) electrons. The molecule has 0 saturated heterocycles. The summed E-state index contributed by atoms with van der Waals surface area (Å²) in [4.78, 5) is 0. The highest BCUT2D eigenvalue weighted by Gasteiger charge is 2.13. The Labute approximate surface area is 116 Å². The zero-order valence-electron chi connectivity index (χ0n) is 10.7. The number of nitrogen functional groups attached to an aromatic ring is 1. The molecule has 2 rings (SSSR count). The first-order chi connectivity index (χ1) is 8.63. The predicted octanol–water partition coefficient (Wildman–Crippen LogP) is 3.79. The van der Waals surface area contributed by atoms with Gasteiger partial charge in [0, 0.05) is 0 Å². The summed E-state index contributed by atoms with van der Waals surface area (Å²) in [5, 5.41) is 4.30. The van der Waals surface area contributed by atoms with Gasteiger partial charge in [-0.3, -0.25) is 0 Å². The Kier molecular flexibility index (Phi) is 4.07. The SMILES string of the molecule is CCCc1ccc(C(C)n2ncc(Br)c2N)cc1. The van der Waals surface area contributed by atoms with E-state index in [0.29, 0.717) is 5.82 Å². The summed E-state index contributed by atoms with van der Waals surface area (Å²) in [7, 11) is 0. The number of nitrogens with two attached hydrogens (primary N) is 1. The van der Waals surface area contributed by atoms with Gasteiger partial charge in [-0.25, -0.2) is 4.68 Å². The number of aryl methyl sites for hydroxylation is 1. The van der Waals surface area contributed by atoms with Crippen molar-refractivity contribution in [2.75, 3.05) is 5.73 Å². The van der Waals surface area contributed by atoms with E-state index in [1.165, 1.54) is 17.5 Å². The van der Waals surface area contributed by atoms with E-state index in [4.69, 9.17) is 5.73 Å². The van der Waals surface area contributed by atoms with Crippen LogP contribution in [0.4, 0.5) is 5.82 Å². The normalized spacial score (nSPS) is 12.6. The second-order valence-corrected chi connectivity index (χ2v) is 5.34. The molecular formula is C14H18BrN3. The van der Waals surface area contributed by atoms with Crippen LogP contribution < -0.4 is 5.73 Å². The maximum absolute atomic E-state index is 5.97. The molecule has 2 aromatic rings. The summed E-state index contributed by atoms with van der Waals surface area (Å²) in [6, 6.07) is 8.83. The topological polar surface area (TPSA) is 43.8 Å². The zero-order valence-corrected chi connectivity index (χ0v) is 12.3. The molecule has 0 spiro atoms. The molecule has 0 aliphatic rings. The van der Waals surface area contributed by atoms with E-state index in [2.05, 4.69) is 59.1 Å². The monoisotopic (exact) mass is 307 g/mol. The molecule has 1 heterocycles. The van der Waals surface area contributed by atoms with Gasteiger partial charge in [0.15, 0.2) is 0 Å². The fourth-order valence-corrected chi connectivity index (χ4v) is 2.33. The van der Waals surface area contributed by atoms with E-state index in [-0.39, 0.29) is 6.04 Å². The lowest BCUT2D eigenvalue weighted by Crippen LogP contribution is -2.11. The van der Waals surface area contributed by atoms with Crippen molar-refractivity contribution in [3.8, 4) is 0 Å². The lowest BCUT2D eigenvalue weighted by molar-refractivity contribution is 0.573. The summed E-state index contributed by atoms with van der Waals surface area (Å²) < 4.78 is 2.68. The molecule has 0 saturated carbocycles. The number of halogens is 1. The second kappa shape index (κ2) is 5.57. The van der Waals surface area contributed by atoms with Crippen molar-refractivity contribution in [2.24, 2.45) is 0 Å². The molecule has 0 aliphatic carbocycles. The van der Waals surface area contributed by atoms with E-state index in [1.807, 2.05) is 4.68 Å². The minimum atomic E-state index is 0.145. The fourth-order valence-electron chi connectivity index (χ4n) is 2.05. The molecule has 1 atom stereocenters. The third-order valence-electron chi connectivity index (χ3n) is 3.15. The lowest BCUT2D eigenvalue weighted by atomic mass is 10.0. The molecule has 96 valence electrons. The third kappa shape index (κ3) is 2.58. The van der Waals surface area contributed by atoms with E-state index >= 15 is 0 Å². The van der Waals surface area contributed by atoms with Crippen molar-refractivity contribution in [1.29, 1.82) is 0 Å². The van der Waals surface area contributed by atoms with Gasteiger partial charge in [-0.2, -0.15) is 5.10 Å². The summed E-state index contributed by atoms with van der Waals surface area (Å²) in [5.74, 6) is 0.667. The molecule has 18 heavy (non-hydrogen) atoms. The molecule has 3 nitrogen and oxygen atoms in total. The number of hydrogen-bond donors (Lipinski definition) is 1. The van der Waals surface area contributed by atoms with Gasteiger partial charge in [0.25, 0.3) is 0 Å². The maximum Gasteiger partial charge on any atom is 0.136 e. The first-order valence-corrected chi connectivity index (χ1v) is 7.00.